The summed E-state index contributed by atoms with van der Waals surface area (Å²) in [5, 5.41) is 3.31. The standard InChI is InChI=1S/C16H28N2O2S/c1-6-16(4,5)12-18-21(19,20)15-9-7-14(8-10-15)11-17-13(2)3/h7-10,13,17-18H,6,11-12H2,1-5H3. The van der Waals surface area contributed by atoms with Crippen LogP contribution < -0.4 is 10.0 Å². The van der Waals surface area contributed by atoms with Crippen molar-refractivity contribution in [1.29, 1.82) is 0 Å². The third-order valence-electron chi connectivity index (χ3n) is 3.65. The molecule has 0 saturated heterocycles. The third kappa shape index (κ3) is 6.16. The van der Waals surface area contributed by atoms with E-state index in [1.54, 1.807) is 12.1 Å². The molecular formula is C16H28N2O2S. The molecule has 21 heavy (non-hydrogen) atoms. The Labute approximate surface area is 129 Å². The first kappa shape index (κ1) is 18.1. The second-order valence-electron chi connectivity index (χ2n) is 6.52. The molecule has 2 N–H and O–H groups in total. The van der Waals surface area contributed by atoms with Crippen molar-refractivity contribution in [2.45, 2.75) is 58.5 Å². The number of rotatable bonds is 8. The molecule has 120 valence electrons. The van der Waals surface area contributed by atoms with E-state index in [1.165, 1.54) is 0 Å². The smallest absolute Gasteiger partial charge is 0.240 e. The van der Waals surface area contributed by atoms with E-state index < -0.39 is 10.0 Å². The Kier molecular flexibility index (Phi) is 6.38. The molecule has 1 rings (SSSR count). The van der Waals surface area contributed by atoms with Gasteiger partial charge in [0.25, 0.3) is 0 Å². The second kappa shape index (κ2) is 7.38. The minimum atomic E-state index is -3.42. The largest absolute Gasteiger partial charge is 0.310 e. The molecule has 0 saturated carbocycles. The van der Waals surface area contributed by atoms with Crippen LogP contribution in [0.1, 0.15) is 46.6 Å². The zero-order chi connectivity index (χ0) is 16.1. The molecule has 0 bridgehead atoms. The Hall–Kier alpha value is -0.910. The van der Waals surface area contributed by atoms with Gasteiger partial charge in [0.2, 0.25) is 10.0 Å². The molecule has 5 heteroatoms. The van der Waals surface area contributed by atoms with Crippen molar-refractivity contribution in [1.82, 2.24) is 10.0 Å². The highest BCUT2D eigenvalue weighted by Gasteiger charge is 2.20. The molecule has 1 aromatic carbocycles. The molecule has 0 heterocycles. The quantitative estimate of drug-likeness (QED) is 0.776. The fraction of sp³-hybridized carbons (Fsp3) is 0.625. The van der Waals surface area contributed by atoms with Gasteiger partial charge in [-0.25, -0.2) is 13.1 Å². The van der Waals surface area contributed by atoms with E-state index in [9.17, 15) is 8.42 Å². The van der Waals surface area contributed by atoms with E-state index in [0.29, 0.717) is 17.5 Å². The maximum atomic E-state index is 12.2. The van der Waals surface area contributed by atoms with E-state index in [2.05, 4.69) is 44.7 Å². The van der Waals surface area contributed by atoms with Crippen molar-refractivity contribution in [3.05, 3.63) is 29.8 Å². The molecule has 0 aliphatic carbocycles. The second-order valence-corrected chi connectivity index (χ2v) is 8.29. The average Bonchev–Trinajstić information content (AvgIpc) is 2.44. The fourth-order valence-electron chi connectivity index (χ4n) is 1.61. The Morgan fingerprint density at radius 1 is 1.14 bits per heavy atom. The van der Waals surface area contributed by atoms with Gasteiger partial charge in [-0.1, -0.05) is 46.8 Å². The molecule has 0 spiro atoms. The van der Waals surface area contributed by atoms with Crippen LogP contribution in [0.3, 0.4) is 0 Å². The summed E-state index contributed by atoms with van der Waals surface area (Å²) in [4.78, 5) is 0.322. The van der Waals surface area contributed by atoms with Gasteiger partial charge in [-0.05, 0) is 29.5 Å². The molecule has 0 fully saturated rings. The van der Waals surface area contributed by atoms with Gasteiger partial charge in [0.15, 0.2) is 0 Å². The van der Waals surface area contributed by atoms with E-state index >= 15 is 0 Å². The van der Waals surface area contributed by atoms with Crippen LogP contribution in [0.4, 0.5) is 0 Å². The topological polar surface area (TPSA) is 58.2 Å². The molecule has 4 nitrogen and oxygen atoms in total. The zero-order valence-electron chi connectivity index (χ0n) is 13.7. The minimum absolute atomic E-state index is 0.0335. The predicted octanol–water partition coefficient (Wildman–Crippen LogP) is 2.90. The van der Waals surface area contributed by atoms with Gasteiger partial charge in [0, 0.05) is 19.1 Å². The number of sulfonamides is 1. The van der Waals surface area contributed by atoms with Crippen LogP contribution in [0, 0.1) is 5.41 Å². The highest BCUT2D eigenvalue weighted by Crippen LogP contribution is 2.19. The molecule has 0 radical (unpaired) electrons. The molecule has 0 unspecified atom stereocenters. The summed E-state index contributed by atoms with van der Waals surface area (Å²) in [7, 11) is -3.42. The van der Waals surface area contributed by atoms with E-state index in [-0.39, 0.29) is 5.41 Å². The number of hydrogen-bond donors (Lipinski definition) is 2. The zero-order valence-corrected chi connectivity index (χ0v) is 14.5. The van der Waals surface area contributed by atoms with Crippen LogP contribution in [0.2, 0.25) is 0 Å². The van der Waals surface area contributed by atoms with Gasteiger partial charge in [0.1, 0.15) is 0 Å². The highest BCUT2D eigenvalue weighted by molar-refractivity contribution is 7.89. The lowest BCUT2D eigenvalue weighted by molar-refractivity contribution is 0.350. The first-order chi connectivity index (χ1) is 9.66. The molecular weight excluding hydrogens is 284 g/mol. The van der Waals surface area contributed by atoms with Crippen LogP contribution in [-0.2, 0) is 16.6 Å². The molecule has 1 aromatic rings. The first-order valence-electron chi connectivity index (χ1n) is 7.48. The maximum Gasteiger partial charge on any atom is 0.240 e. The lowest BCUT2D eigenvalue weighted by atomic mass is 9.91. The molecule has 0 atom stereocenters. The highest BCUT2D eigenvalue weighted by atomic mass is 32.2. The maximum absolute atomic E-state index is 12.2. The summed E-state index contributed by atoms with van der Waals surface area (Å²) in [5.41, 5.74) is 1.05. The Balaban J connectivity index is 2.71. The molecule has 0 amide bonds. The van der Waals surface area contributed by atoms with Crippen molar-refractivity contribution in [3.63, 3.8) is 0 Å². The summed E-state index contributed by atoms with van der Waals surface area (Å²) < 4.78 is 27.2. The Morgan fingerprint density at radius 3 is 2.19 bits per heavy atom. The number of benzene rings is 1. The molecule has 0 aromatic heterocycles. The van der Waals surface area contributed by atoms with Crippen LogP contribution in [0.5, 0.6) is 0 Å². The van der Waals surface area contributed by atoms with Gasteiger partial charge in [0.05, 0.1) is 4.90 Å². The summed E-state index contributed by atoms with van der Waals surface area (Å²) in [5.74, 6) is 0. The minimum Gasteiger partial charge on any atom is -0.310 e. The molecule has 0 aliphatic rings. The summed E-state index contributed by atoms with van der Waals surface area (Å²) in [6.45, 7) is 11.5. The first-order valence-corrected chi connectivity index (χ1v) is 8.96. The van der Waals surface area contributed by atoms with E-state index in [1.807, 2.05) is 12.1 Å². The van der Waals surface area contributed by atoms with Crippen molar-refractivity contribution < 1.29 is 8.42 Å². The Bertz CT molecular complexity index is 534. The average molecular weight is 312 g/mol. The van der Waals surface area contributed by atoms with Crippen molar-refractivity contribution >= 4 is 10.0 Å². The number of hydrogen-bond acceptors (Lipinski definition) is 3. The summed E-state index contributed by atoms with van der Waals surface area (Å²) in [6, 6.07) is 7.45. The molecule has 0 aliphatic heterocycles. The number of nitrogens with one attached hydrogen (secondary N) is 2. The fourth-order valence-corrected chi connectivity index (χ4v) is 2.85. The van der Waals surface area contributed by atoms with Gasteiger partial charge in [-0.2, -0.15) is 0 Å². The van der Waals surface area contributed by atoms with E-state index in [0.717, 1.165) is 18.5 Å². The van der Waals surface area contributed by atoms with Crippen LogP contribution in [0.25, 0.3) is 0 Å². The monoisotopic (exact) mass is 312 g/mol. The van der Waals surface area contributed by atoms with Crippen LogP contribution in [-0.4, -0.2) is 21.0 Å². The Morgan fingerprint density at radius 2 is 1.71 bits per heavy atom. The lowest BCUT2D eigenvalue weighted by Gasteiger charge is -2.22. The van der Waals surface area contributed by atoms with Crippen molar-refractivity contribution in [2.75, 3.05) is 6.54 Å². The van der Waals surface area contributed by atoms with Crippen LogP contribution >= 0.6 is 0 Å². The van der Waals surface area contributed by atoms with Crippen LogP contribution in [0.15, 0.2) is 29.2 Å². The van der Waals surface area contributed by atoms with Gasteiger partial charge in [-0.15, -0.1) is 0 Å². The SMILES string of the molecule is CCC(C)(C)CNS(=O)(=O)c1ccc(CNC(C)C)cc1. The van der Waals surface area contributed by atoms with Gasteiger partial charge in [-0.3, -0.25) is 0 Å². The van der Waals surface area contributed by atoms with Gasteiger partial charge < -0.3 is 5.32 Å². The normalized spacial score (nSPS) is 12.9. The lowest BCUT2D eigenvalue weighted by Crippen LogP contribution is -2.33. The van der Waals surface area contributed by atoms with Crippen molar-refractivity contribution in [2.24, 2.45) is 5.41 Å². The summed E-state index contributed by atoms with van der Waals surface area (Å²) in [6.07, 6.45) is 0.926. The summed E-state index contributed by atoms with van der Waals surface area (Å²) >= 11 is 0. The van der Waals surface area contributed by atoms with E-state index in [4.69, 9.17) is 0 Å². The van der Waals surface area contributed by atoms with Gasteiger partial charge >= 0.3 is 0 Å². The predicted molar refractivity (Wildman–Crippen MR) is 87.7 cm³/mol. The van der Waals surface area contributed by atoms with Crippen molar-refractivity contribution in [3.8, 4) is 0 Å². The third-order valence-corrected chi connectivity index (χ3v) is 5.06.